The number of amides is 1. The fourth-order valence-corrected chi connectivity index (χ4v) is 4.86. The van der Waals surface area contributed by atoms with Gasteiger partial charge in [0.25, 0.3) is 5.56 Å². The van der Waals surface area contributed by atoms with Crippen LogP contribution in [-0.2, 0) is 11.3 Å². The number of nitrogens with one attached hydrogen (secondary N) is 2. The summed E-state index contributed by atoms with van der Waals surface area (Å²) < 4.78 is 27.7. The summed E-state index contributed by atoms with van der Waals surface area (Å²) in [5.74, 6) is -1.83. The number of thiophene rings is 1. The van der Waals surface area contributed by atoms with Gasteiger partial charge in [0.2, 0.25) is 5.91 Å². The molecule has 4 rings (SSSR count). The summed E-state index contributed by atoms with van der Waals surface area (Å²) in [7, 11) is 0. The number of hydrogen-bond acceptors (Lipinski definition) is 5. The van der Waals surface area contributed by atoms with Crippen LogP contribution in [0, 0.1) is 25.5 Å². The van der Waals surface area contributed by atoms with Crippen molar-refractivity contribution in [2.45, 2.75) is 27.3 Å². The molecule has 0 saturated carbocycles. The number of para-hydroxylation sites is 1. The SMILES string of the molecule is CCN(CC(=O)Nc1c(F)cccc1F)Cc1nc2sc(C)c(-c3ccc(C)cc3)c2c(=O)[nH]1. The molecule has 6 nitrogen and oxygen atoms in total. The summed E-state index contributed by atoms with van der Waals surface area (Å²) in [4.78, 5) is 36.2. The van der Waals surface area contributed by atoms with Crippen molar-refractivity contribution >= 4 is 33.1 Å². The van der Waals surface area contributed by atoms with Crippen molar-refractivity contribution in [3.63, 3.8) is 0 Å². The molecule has 2 aromatic heterocycles. The number of aryl methyl sites for hydroxylation is 2. The van der Waals surface area contributed by atoms with Gasteiger partial charge in [-0.2, -0.15) is 0 Å². The maximum absolute atomic E-state index is 13.8. The number of carbonyl (C=O) groups is 1. The summed E-state index contributed by atoms with van der Waals surface area (Å²) in [5.41, 5.74) is 2.25. The summed E-state index contributed by atoms with van der Waals surface area (Å²) in [6, 6.07) is 11.4. The van der Waals surface area contributed by atoms with E-state index in [2.05, 4.69) is 15.3 Å². The normalized spacial score (nSPS) is 11.4. The lowest BCUT2D eigenvalue weighted by atomic mass is 10.0. The molecule has 4 aromatic rings. The maximum atomic E-state index is 13.8. The van der Waals surface area contributed by atoms with E-state index in [-0.39, 0.29) is 18.6 Å². The summed E-state index contributed by atoms with van der Waals surface area (Å²) in [5, 5.41) is 2.83. The molecule has 0 fully saturated rings. The largest absolute Gasteiger partial charge is 0.320 e. The fraction of sp³-hybridized carbons (Fsp3) is 0.240. The van der Waals surface area contributed by atoms with Crippen LogP contribution in [0.3, 0.4) is 0 Å². The van der Waals surface area contributed by atoms with E-state index in [1.807, 2.05) is 45.0 Å². The van der Waals surface area contributed by atoms with E-state index < -0.39 is 23.2 Å². The van der Waals surface area contributed by atoms with E-state index in [9.17, 15) is 18.4 Å². The first-order valence-corrected chi connectivity index (χ1v) is 11.6. The van der Waals surface area contributed by atoms with Gasteiger partial charge >= 0.3 is 0 Å². The fourth-order valence-electron chi connectivity index (χ4n) is 3.80. The molecule has 0 aliphatic carbocycles. The highest BCUT2D eigenvalue weighted by molar-refractivity contribution is 7.19. The third kappa shape index (κ3) is 4.90. The van der Waals surface area contributed by atoms with E-state index in [1.165, 1.54) is 17.4 Å². The predicted octanol–water partition coefficient (Wildman–Crippen LogP) is 5.01. The van der Waals surface area contributed by atoms with Crippen LogP contribution in [0.2, 0.25) is 0 Å². The molecule has 0 atom stereocenters. The van der Waals surface area contributed by atoms with Crippen LogP contribution in [0.15, 0.2) is 47.3 Å². The second-order valence-corrected chi connectivity index (χ2v) is 9.24. The number of H-pyrrole nitrogens is 1. The summed E-state index contributed by atoms with van der Waals surface area (Å²) in [6.45, 7) is 6.36. The smallest absolute Gasteiger partial charge is 0.260 e. The van der Waals surface area contributed by atoms with Gasteiger partial charge in [0.05, 0.1) is 18.5 Å². The van der Waals surface area contributed by atoms with E-state index in [4.69, 9.17) is 0 Å². The lowest BCUT2D eigenvalue weighted by Gasteiger charge is -2.19. The topological polar surface area (TPSA) is 78.1 Å². The standard InChI is InChI=1S/C25H24F2N4O2S/c1-4-31(13-20(32)30-23-17(26)6-5-7-18(23)27)12-19-28-24(33)22-21(15(3)34-25(22)29-19)16-10-8-14(2)9-11-16/h5-11H,4,12-13H2,1-3H3,(H,30,32)(H,28,29,33). The molecule has 2 heterocycles. The highest BCUT2D eigenvalue weighted by atomic mass is 32.1. The van der Waals surface area contributed by atoms with Crippen molar-refractivity contribution < 1.29 is 13.6 Å². The predicted molar refractivity (Wildman–Crippen MR) is 131 cm³/mol. The first-order chi connectivity index (χ1) is 16.3. The average molecular weight is 483 g/mol. The number of fused-ring (bicyclic) bond motifs is 1. The zero-order chi connectivity index (χ0) is 24.4. The molecule has 176 valence electrons. The van der Waals surface area contributed by atoms with Crippen molar-refractivity contribution in [2.75, 3.05) is 18.4 Å². The van der Waals surface area contributed by atoms with E-state index in [0.717, 1.165) is 33.7 Å². The summed E-state index contributed by atoms with van der Waals surface area (Å²) >= 11 is 1.45. The maximum Gasteiger partial charge on any atom is 0.260 e. The van der Waals surface area contributed by atoms with Crippen LogP contribution < -0.4 is 10.9 Å². The van der Waals surface area contributed by atoms with Crippen molar-refractivity contribution in [1.29, 1.82) is 0 Å². The quantitative estimate of drug-likeness (QED) is 0.388. The Morgan fingerprint density at radius 2 is 1.79 bits per heavy atom. The first-order valence-electron chi connectivity index (χ1n) is 10.8. The Kier molecular flexibility index (Phi) is 6.85. The molecule has 9 heteroatoms. The Hall–Kier alpha value is -3.43. The van der Waals surface area contributed by atoms with Crippen LogP contribution in [-0.4, -0.2) is 33.9 Å². The van der Waals surface area contributed by atoms with Crippen LogP contribution in [0.1, 0.15) is 23.2 Å². The zero-order valence-corrected chi connectivity index (χ0v) is 19.9. The van der Waals surface area contributed by atoms with Gasteiger partial charge < -0.3 is 10.3 Å². The Labute approximate surface area is 199 Å². The molecule has 2 aromatic carbocycles. The molecule has 0 spiro atoms. The van der Waals surface area contributed by atoms with Gasteiger partial charge in [0.1, 0.15) is 28.0 Å². The minimum atomic E-state index is -0.842. The van der Waals surface area contributed by atoms with Crippen molar-refractivity contribution in [1.82, 2.24) is 14.9 Å². The van der Waals surface area contributed by atoms with Gasteiger partial charge in [-0.3, -0.25) is 14.5 Å². The van der Waals surface area contributed by atoms with E-state index in [1.54, 1.807) is 4.90 Å². The number of halogens is 2. The first kappa shape index (κ1) is 23.7. The van der Waals surface area contributed by atoms with Gasteiger partial charge in [0.15, 0.2) is 0 Å². The number of rotatable bonds is 7. The van der Waals surface area contributed by atoms with Gasteiger partial charge in [-0.05, 0) is 38.1 Å². The monoisotopic (exact) mass is 482 g/mol. The Morgan fingerprint density at radius 3 is 2.44 bits per heavy atom. The van der Waals surface area contributed by atoms with Gasteiger partial charge in [-0.15, -0.1) is 11.3 Å². The molecule has 2 N–H and O–H groups in total. The molecular formula is C25H24F2N4O2S. The van der Waals surface area contributed by atoms with Crippen LogP contribution in [0.4, 0.5) is 14.5 Å². The average Bonchev–Trinajstić information content (AvgIpc) is 3.12. The number of benzene rings is 2. The third-order valence-electron chi connectivity index (χ3n) is 5.54. The number of hydrogen-bond donors (Lipinski definition) is 2. The minimum Gasteiger partial charge on any atom is -0.320 e. The van der Waals surface area contributed by atoms with E-state index in [0.29, 0.717) is 22.6 Å². The molecule has 0 bridgehead atoms. The van der Waals surface area contributed by atoms with Gasteiger partial charge in [0, 0.05) is 10.4 Å². The molecular weight excluding hydrogens is 458 g/mol. The van der Waals surface area contributed by atoms with Gasteiger partial charge in [-0.25, -0.2) is 13.8 Å². The second-order valence-electron chi connectivity index (χ2n) is 8.04. The second kappa shape index (κ2) is 9.82. The molecule has 0 unspecified atom stereocenters. The molecule has 34 heavy (non-hydrogen) atoms. The number of nitrogens with zero attached hydrogens (tertiary/aromatic N) is 2. The van der Waals surface area contributed by atoms with Crippen LogP contribution in [0.25, 0.3) is 21.3 Å². The molecule has 0 aliphatic rings. The minimum absolute atomic E-state index is 0.121. The number of aromatic amines is 1. The van der Waals surface area contributed by atoms with Crippen LogP contribution in [0.5, 0.6) is 0 Å². The van der Waals surface area contributed by atoms with Crippen LogP contribution >= 0.6 is 11.3 Å². The molecule has 1 amide bonds. The Bertz CT molecular complexity index is 1390. The zero-order valence-electron chi connectivity index (χ0n) is 19.0. The van der Waals surface area contributed by atoms with Gasteiger partial charge in [-0.1, -0.05) is 42.8 Å². The lowest BCUT2D eigenvalue weighted by molar-refractivity contribution is -0.117. The third-order valence-corrected chi connectivity index (χ3v) is 6.54. The number of anilines is 1. The molecule has 0 radical (unpaired) electrons. The number of carbonyl (C=O) groups excluding carboxylic acids is 1. The van der Waals surface area contributed by atoms with Crippen molar-refractivity contribution in [2.24, 2.45) is 0 Å². The molecule has 0 saturated heterocycles. The number of likely N-dealkylation sites (N-methyl/N-ethyl adjacent to an activating group) is 1. The van der Waals surface area contributed by atoms with Crippen molar-refractivity contribution in [3.8, 4) is 11.1 Å². The number of aromatic nitrogens is 2. The van der Waals surface area contributed by atoms with E-state index >= 15 is 0 Å². The highest BCUT2D eigenvalue weighted by Gasteiger charge is 2.19. The highest BCUT2D eigenvalue weighted by Crippen LogP contribution is 2.35. The summed E-state index contributed by atoms with van der Waals surface area (Å²) in [6.07, 6.45) is 0. The molecule has 0 aliphatic heterocycles. The van der Waals surface area contributed by atoms with Crippen molar-refractivity contribution in [3.05, 3.63) is 80.7 Å². The Balaban J connectivity index is 1.56. The Morgan fingerprint density at radius 1 is 1.12 bits per heavy atom. The lowest BCUT2D eigenvalue weighted by Crippen LogP contribution is -2.34.